The molecule has 0 unspecified atom stereocenters. The minimum Gasteiger partial charge on any atom is -0.338 e. The molecule has 1 N–H and O–H groups in total. The van der Waals surface area contributed by atoms with Gasteiger partial charge in [0.05, 0.1) is 0 Å². The highest BCUT2D eigenvalue weighted by Crippen LogP contribution is 2.12. The number of aromatic nitrogens is 2. The lowest BCUT2D eigenvalue weighted by Crippen LogP contribution is -2.32. The molecule has 0 fully saturated rings. The summed E-state index contributed by atoms with van der Waals surface area (Å²) in [4.78, 5) is 32.4. The van der Waals surface area contributed by atoms with E-state index in [9.17, 15) is 9.59 Å². The average Bonchev–Trinajstić information content (AvgIpc) is 2.79. The van der Waals surface area contributed by atoms with Crippen molar-refractivity contribution in [1.29, 1.82) is 0 Å². The average molecular weight is 291 g/mol. The molecule has 0 aliphatic heterocycles. The number of pyridine rings is 1. The third-order valence-corrected chi connectivity index (χ3v) is 4.08. The van der Waals surface area contributed by atoms with Gasteiger partial charge in [-0.05, 0) is 38.0 Å². The van der Waals surface area contributed by atoms with Gasteiger partial charge in [-0.15, -0.1) is 0 Å². The molecule has 0 spiro atoms. The summed E-state index contributed by atoms with van der Waals surface area (Å²) in [6.07, 6.45) is 4.27. The molecule has 0 aliphatic carbocycles. The Morgan fingerprint density at radius 2 is 2.10 bits per heavy atom. The monoisotopic (exact) mass is 291 g/mol. The predicted octanol–water partition coefficient (Wildman–Crippen LogP) is 1.84. The second kappa shape index (κ2) is 6.47. The first-order chi connectivity index (χ1) is 9.61. The standard InChI is InChI=1S/C14H17N3O2S/c1-3-17(9-6-11-4-7-15-8-5-11)13(18)12-10(2)16-14(19)20-12/h4-5,7-8H,3,6,9H2,1-2H3,(H,16,19). The van der Waals surface area contributed by atoms with Crippen LogP contribution in [0.2, 0.25) is 0 Å². The van der Waals surface area contributed by atoms with Crippen molar-refractivity contribution in [2.75, 3.05) is 13.1 Å². The number of carbonyl (C=O) groups is 1. The summed E-state index contributed by atoms with van der Waals surface area (Å²) in [6, 6.07) is 3.89. The van der Waals surface area contributed by atoms with Gasteiger partial charge in [-0.3, -0.25) is 14.6 Å². The van der Waals surface area contributed by atoms with Gasteiger partial charge >= 0.3 is 4.87 Å². The van der Waals surface area contributed by atoms with Crippen LogP contribution in [0.5, 0.6) is 0 Å². The second-order valence-corrected chi connectivity index (χ2v) is 5.44. The van der Waals surface area contributed by atoms with E-state index in [0.717, 1.165) is 23.3 Å². The Morgan fingerprint density at radius 3 is 2.65 bits per heavy atom. The molecule has 2 heterocycles. The number of hydrogen-bond acceptors (Lipinski definition) is 4. The molecule has 0 saturated heterocycles. The van der Waals surface area contributed by atoms with E-state index >= 15 is 0 Å². The quantitative estimate of drug-likeness (QED) is 0.914. The third-order valence-electron chi connectivity index (χ3n) is 3.11. The molecule has 2 aromatic rings. The Kier molecular flexibility index (Phi) is 4.68. The van der Waals surface area contributed by atoms with Gasteiger partial charge in [-0.2, -0.15) is 0 Å². The number of aromatic amines is 1. The summed E-state index contributed by atoms with van der Waals surface area (Å²) in [5, 5.41) is 0. The molecule has 106 valence electrons. The predicted molar refractivity (Wildman–Crippen MR) is 79.2 cm³/mol. The van der Waals surface area contributed by atoms with E-state index in [1.165, 1.54) is 0 Å². The summed E-state index contributed by atoms with van der Waals surface area (Å²) in [5.41, 5.74) is 1.79. The van der Waals surface area contributed by atoms with E-state index in [0.29, 0.717) is 23.7 Å². The molecule has 0 saturated carbocycles. The second-order valence-electron chi connectivity index (χ2n) is 4.46. The van der Waals surface area contributed by atoms with Gasteiger partial charge < -0.3 is 9.88 Å². The van der Waals surface area contributed by atoms with E-state index in [1.54, 1.807) is 24.2 Å². The number of likely N-dealkylation sites (N-methyl/N-ethyl adjacent to an activating group) is 1. The van der Waals surface area contributed by atoms with Crippen LogP contribution in [0.25, 0.3) is 0 Å². The zero-order valence-corrected chi connectivity index (χ0v) is 12.4. The summed E-state index contributed by atoms with van der Waals surface area (Å²) in [7, 11) is 0. The van der Waals surface area contributed by atoms with Crippen molar-refractivity contribution in [3.05, 3.63) is 50.3 Å². The van der Waals surface area contributed by atoms with Crippen molar-refractivity contribution in [3.8, 4) is 0 Å². The topological polar surface area (TPSA) is 66.1 Å². The maximum absolute atomic E-state index is 12.4. The molecule has 5 nitrogen and oxygen atoms in total. The molecule has 2 rings (SSSR count). The third kappa shape index (κ3) is 3.33. The van der Waals surface area contributed by atoms with Crippen LogP contribution in [-0.2, 0) is 6.42 Å². The van der Waals surface area contributed by atoms with E-state index in [1.807, 2.05) is 19.1 Å². The lowest BCUT2D eigenvalue weighted by atomic mass is 10.2. The van der Waals surface area contributed by atoms with Crippen LogP contribution in [0.4, 0.5) is 0 Å². The highest BCUT2D eigenvalue weighted by molar-refractivity contribution is 7.11. The number of aryl methyl sites for hydroxylation is 1. The van der Waals surface area contributed by atoms with E-state index < -0.39 is 0 Å². The van der Waals surface area contributed by atoms with Crippen molar-refractivity contribution in [2.24, 2.45) is 0 Å². The fraction of sp³-hybridized carbons (Fsp3) is 0.357. The van der Waals surface area contributed by atoms with Crippen molar-refractivity contribution in [3.63, 3.8) is 0 Å². The van der Waals surface area contributed by atoms with Gasteiger partial charge in [0, 0.05) is 31.2 Å². The number of amides is 1. The molecular weight excluding hydrogens is 274 g/mol. The number of hydrogen-bond donors (Lipinski definition) is 1. The SMILES string of the molecule is CCN(CCc1ccncc1)C(=O)c1sc(=O)[nH]c1C. The van der Waals surface area contributed by atoms with E-state index in [-0.39, 0.29) is 10.8 Å². The molecule has 0 aromatic carbocycles. The zero-order valence-electron chi connectivity index (χ0n) is 11.5. The van der Waals surface area contributed by atoms with Crippen LogP contribution in [0.15, 0.2) is 29.3 Å². The molecule has 2 aromatic heterocycles. The molecule has 0 atom stereocenters. The van der Waals surface area contributed by atoms with Gasteiger partial charge in [0.1, 0.15) is 4.88 Å². The van der Waals surface area contributed by atoms with Crippen molar-refractivity contribution in [2.45, 2.75) is 20.3 Å². The zero-order chi connectivity index (χ0) is 14.5. The fourth-order valence-electron chi connectivity index (χ4n) is 1.97. The van der Waals surface area contributed by atoms with Gasteiger partial charge in [0.2, 0.25) is 0 Å². The van der Waals surface area contributed by atoms with Crippen LogP contribution in [0.3, 0.4) is 0 Å². The van der Waals surface area contributed by atoms with Gasteiger partial charge in [0.25, 0.3) is 5.91 Å². The smallest absolute Gasteiger partial charge is 0.305 e. The lowest BCUT2D eigenvalue weighted by Gasteiger charge is -2.20. The molecule has 20 heavy (non-hydrogen) atoms. The van der Waals surface area contributed by atoms with Crippen LogP contribution in [0.1, 0.15) is 27.9 Å². The minimum absolute atomic E-state index is 0.0811. The Morgan fingerprint density at radius 1 is 1.40 bits per heavy atom. The molecule has 6 heteroatoms. The highest BCUT2D eigenvalue weighted by Gasteiger charge is 2.19. The number of nitrogens with one attached hydrogen (secondary N) is 1. The normalized spacial score (nSPS) is 10.5. The fourth-order valence-corrected chi connectivity index (χ4v) is 2.78. The maximum Gasteiger partial charge on any atom is 0.305 e. The van der Waals surface area contributed by atoms with E-state index in [2.05, 4.69) is 9.97 Å². The van der Waals surface area contributed by atoms with Crippen LogP contribution < -0.4 is 4.87 Å². The first-order valence-corrected chi connectivity index (χ1v) is 7.31. The summed E-state index contributed by atoms with van der Waals surface area (Å²) in [5.74, 6) is -0.0811. The number of rotatable bonds is 5. The summed E-state index contributed by atoms with van der Waals surface area (Å²) in [6.45, 7) is 4.94. The Bertz CT molecular complexity index is 633. The van der Waals surface area contributed by atoms with Gasteiger partial charge in [-0.1, -0.05) is 11.3 Å². The lowest BCUT2D eigenvalue weighted by molar-refractivity contribution is 0.0770. The number of carbonyl (C=O) groups excluding carboxylic acids is 1. The minimum atomic E-state index is -0.184. The summed E-state index contributed by atoms with van der Waals surface area (Å²) >= 11 is 0.976. The van der Waals surface area contributed by atoms with Gasteiger partial charge in [0.15, 0.2) is 0 Å². The Hall–Kier alpha value is -1.95. The highest BCUT2D eigenvalue weighted by atomic mass is 32.1. The van der Waals surface area contributed by atoms with Crippen LogP contribution in [-0.4, -0.2) is 33.9 Å². The number of nitrogens with zero attached hydrogens (tertiary/aromatic N) is 2. The Labute approximate surface area is 121 Å². The van der Waals surface area contributed by atoms with Crippen LogP contribution >= 0.6 is 11.3 Å². The molecular formula is C14H17N3O2S. The summed E-state index contributed by atoms with van der Waals surface area (Å²) < 4.78 is 0. The molecule has 0 radical (unpaired) electrons. The largest absolute Gasteiger partial charge is 0.338 e. The Balaban J connectivity index is 2.06. The molecule has 1 amide bonds. The first-order valence-electron chi connectivity index (χ1n) is 6.49. The number of thiazole rings is 1. The molecule has 0 bridgehead atoms. The van der Waals surface area contributed by atoms with Crippen LogP contribution in [0, 0.1) is 6.92 Å². The number of H-pyrrole nitrogens is 1. The van der Waals surface area contributed by atoms with Crippen molar-refractivity contribution >= 4 is 17.2 Å². The van der Waals surface area contributed by atoms with E-state index in [4.69, 9.17) is 0 Å². The molecule has 0 aliphatic rings. The van der Waals surface area contributed by atoms with Crippen molar-refractivity contribution in [1.82, 2.24) is 14.9 Å². The van der Waals surface area contributed by atoms with Gasteiger partial charge in [-0.25, -0.2) is 0 Å². The maximum atomic E-state index is 12.4. The van der Waals surface area contributed by atoms with Crippen molar-refractivity contribution < 1.29 is 4.79 Å². The first kappa shape index (κ1) is 14.5.